The first-order chi connectivity index (χ1) is 16.3. The number of hydrogen-bond acceptors (Lipinski definition) is 4. The second kappa shape index (κ2) is 12.2. The van der Waals surface area contributed by atoms with E-state index in [1.54, 1.807) is 0 Å². The van der Waals surface area contributed by atoms with Gasteiger partial charge in [-0.3, -0.25) is 13.9 Å². The molecule has 1 unspecified atom stereocenters. The second-order valence-electron chi connectivity index (χ2n) is 9.58. The maximum Gasteiger partial charge on any atom is 0.244 e. The third-order valence-corrected chi connectivity index (χ3v) is 7.02. The highest BCUT2D eigenvalue weighted by molar-refractivity contribution is 7.92. The minimum Gasteiger partial charge on any atom is -0.354 e. The van der Waals surface area contributed by atoms with Gasteiger partial charge in [-0.05, 0) is 49.8 Å². The van der Waals surface area contributed by atoms with E-state index in [1.807, 2.05) is 84.0 Å². The van der Waals surface area contributed by atoms with Crippen LogP contribution in [0.15, 0.2) is 42.5 Å². The number of para-hydroxylation sites is 1. The molecule has 0 aliphatic rings. The summed E-state index contributed by atoms with van der Waals surface area (Å²) < 4.78 is 26.8. The molecule has 0 radical (unpaired) electrons. The van der Waals surface area contributed by atoms with Gasteiger partial charge in [0.25, 0.3) is 0 Å². The Hall–Kier alpha value is -2.87. The molecule has 0 aliphatic heterocycles. The first-order valence-electron chi connectivity index (χ1n) is 12.0. The van der Waals surface area contributed by atoms with Gasteiger partial charge in [-0.1, -0.05) is 68.8 Å². The van der Waals surface area contributed by atoms with Gasteiger partial charge in [0.1, 0.15) is 12.6 Å². The van der Waals surface area contributed by atoms with Crippen molar-refractivity contribution in [2.24, 2.45) is 5.92 Å². The van der Waals surface area contributed by atoms with Gasteiger partial charge >= 0.3 is 0 Å². The van der Waals surface area contributed by atoms with Gasteiger partial charge in [-0.2, -0.15) is 0 Å². The molecular weight excluding hydrogens is 462 g/mol. The summed E-state index contributed by atoms with van der Waals surface area (Å²) in [7, 11) is -3.76. The molecule has 192 valence electrons. The standard InChI is InChI=1S/C27H39N3O4S/c1-8-24(27(32)28-16-19(2)3)29(17-23-14-12-20(4)13-15-23)25(31)18-30(35(7,33)34)26-21(5)10-9-11-22(26)6/h9-15,19,24H,8,16-18H2,1-7H3,(H,28,32). The number of aryl methyl sites for hydroxylation is 3. The normalized spacial score (nSPS) is 12.3. The molecular formula is C27H39N3O4S. The molecule has 0 aliphatic carbocycles. The monoisotopic (exact) mass is 501 g/mol. The number of amides is 2. The predicted molar refractivity (Wildman–Crippen MR) is 142 cm³/mol. The smallest absolute Gasteiger partial charge is 0.244 e. The van der Waals surface area contributed by atoms with Crippen LogP contribution in [-0.2, 0) is 26.2 Å². The van der Waals surface area contributed by atoms with Crippen molar-refractivity contribution >= 4 is 27.5 Å². The lowest BCUT2D eigenvalue weighted by Crippen LogP contribution is -2.52. The number of benzene rings is 2. The summed E-state index contributed by atoms with van der Waals surface area (Å²) >= 11 is 0. The van der Waals surface area contributed by atoms with E-state index in [-0.39, 0.29) is 24.9 Å². The van der Waals surface area contributed by atoms with Crippen LogP contribution in [0.4, 0.5) is 5.69 Å². The van der Waals surface area contributed by atoms with Crippen LogP contribution >= 0.6 is 0 Å². The Bertz CT molecular complexity index is 1110. The van der Waals surface area contributed by atoms with Crippen LogP contribution < -0.4 is 9.62 Å². The van der Waals surface area contributed by atoms with Crippen LogP contribution in [0.5, 0.6) is 0 Å². The highest BCUT2D eigenvalue weighted by Gasteiger charge is 2.32. The Labute approximate surface area is 210 Å². The van der Waals surface area contributed by atoms with E-state index in [1.165, 1.54) is 4.90 Å². The van der Waals surface area contributed by atoms with Gasteiger partial charge in [0.05, 0.1) is 11.9 Å². The van der Waals surface area contributed by atoms with Gasteiger partial charge in [0, 0.05) is 13.1 Å². The van der Waals surface area contributed by atoms with Crippen molar-refractivity contribution in [3.8, 4) is 0 Å². The van der Waals surface area contributed by atoms with Crippen LogP contribution in [-0.4, -0.2) is 50.5 Å². The molecule has 2 aromatic rings. The molecule has 8 heteroatoms. The number of carbonyl (C=O) groups is 2. The van der Waals surface area contributed by atoms with E-state index in [0.717, 1.165) is 32.8 Å². The lowest BCUT2D eigenvalue weighted by molar-refractivity contribution is -0.140. The third-order valence-electron chi connectivity index (χ3n) is 5.91. The van der Waals surface area contributed by atoms with Crippen LogP contribution in [0.3, 0.4) is 0 Å². The molecule has 0 bridgehead atoms. The minimum absolute atomic E-state index is 0.205. The fourth-order valence-electron chi connectivity index (χ4n) is 4.01. The summed E-state index contributed by atoms with van der Waals surface area (Å²) in [6, 6.07) is 12.5. The maximum absolute atomic E-state index is 13.8. The average Bonchev–Trinajstić information content (AvgIpc) is 2.77. The molecule has 0 heterocycles. The van der Waals surface area contributed by atoms with E-state index >= 15 is 0 Å². The Morgan fingerprint density at radius 1 is 0.971 bits per heavy atom. The van der Waals surface area contributed by atoms with Crippen molar-refractivity contribution in [2.45, 2.75) is 60.5 Å². The van der Waals surface area contributed by atoms with Crippen LogP contribution in [0.1, 0.15) is 49.4 Å². The van der Waals surface area contributed by atoms with Crippen molar-refractivity contribution in [3.63, 3.8) is 0 Å². The maximum atomic E-state index is 13.8. The van der Waals surface area contributed by atoms with Gasteiger partial charge in [-0.15, -0.1) is 0 Å². The van der Waals surface area contributed by atoms with Gasteiger partial charge in [0.15, 0.2) is 0 Å². The van der Waals surface area contributed by atoms with Crippen molar-refractivity contribution in [2.75, 3.05) is 23.7 Å². The molecule has 2 amide bonds. The number of nitrogens with one attached hydrogen (secondary N) is 1. The van der Waals surface area contributed by atoms with E-state index < -0.39 is 22.0 Å². The molecule has 1 N–H and O–H groups in total. The molecule has 2 rings (SSSR count). The van der Waals surface area contributed by atoms with Crippen LogP contribution in [0, 0.1) is 26.7 Å². The summed E-state index contributed by atoms with van der Waals surface area (Å²) in [5.41, 5.74) is 3.98. The first kappa shape index (κ1) is 28.4. The summed E-state index contributed by atoms with van der Waals surface area (Å²) in [6.45, 7) is 11.8. The summed E-state index contributed by atoms with van der Waals surface area (Å²) in [5, 5.41) is 2.93. The molecule has 0 aromatic heterocycles. The first-order valence-corrected chi connectivity index (χ1v) is 13.9. The SMILES string of the molecule is CCC(C(=O)NCC(C)C)N(Cc1ccc(C)cc1)C(=O)CN(c1c(C)cccc1C)S(C)(=O)=O. The third kappa shape index (κ3) is 7.82. The number of nitrogens with zero attached hydrogens (tertiary/aromatic N) is 2. The van der Waals surface area contributed by atoms with Crippen LogP contribution in [0.2, 0.25) is 0 Å². The largest absolute Gasteiger partial charge is 0.354 e. The zero-order chi connectivity index (χ0) is 26.3. The fourth-order valence-corrected chi connectivity index (χ4v) is 4.97. The number of carbonyl (C=O) groups excluding carboxylic acids is 2. The minimum atomic E-state index is -3.76. The Morgan fingerprint density at radius 3 is 2.03 bits per heavy atom. The topological polar surface area (TPSA) is 86.8 Å². The lowest BCUT2D eigenvalue weighted by Gasteiger charge is -2.33. The Kier molecular flexibility index (Phi) is 9.89. The summed E-state index contributed by atoms with van der Waals surface area (Å²) in [6.07, 6.45) is 1.51. The van der Waals surface area contributed by atoms with Gasteiger partial charge < -0.3 is 10.2 Å². The molecule has 35 heavy (non-hydrogen) atoms. The van der Waals surface area contributed by atoms with Crippen LogP contribution in [0.25, 0.3) is 0 Å². The van der Waals surface area contributed by atoms with Crippen molar-refractivity contribution < 1.29 is 18.0 Å². The zero-order valence-corrected chi connectivity index (χ0v) is 22.8. The number of sulfonamides is 1. The lowest BCUT2D eigenvalue weighted by atomic mass is 10.1. The van der Waals surface area contributed by atoms with E-state index in [2.05, 4.69) is 5.32 Å². The molecule has 0 spiro atoms. The van der Waals surface area contributed by atoms with Gasteiger partial charge in [-0.25, -0.2) is 8.42 Å². The number of anilines is 1. The predicted octanol–water partition coefficient (Wildman–Crippen LogP) is 3.96. The van der Waals surface area contributed by atoms with Crippen molar-refractivity contribution in [1.82, 2.24) is 10.2 Å². The summed E-state index contributed by atoms with van der Waals surface area (Å²) in [5.74, 6) is -0.396. The van der Waals surface area contributed by atoms with E-state index in [4.69, 9.17) is 0 Å². The molecule has 2 aromatic carbocycles. The van der Waals surface area contributed by atoms with E-state index in [9.17, 15) is 18.0 Å². The second-order valence-corrected chi connectivity index (χ2v) is 11.5. The van der Waals surface area contributed by atoms with E-state index in [0.29, 0.717) is 18.7 Å². The van der Waals surface area contributed by atoms with Crippen molar-refractivity contribution in [3.05, 3.63) is 64.7 Å². The highest BCUT2D eigenvalue weighted by Crippen LogP contribution is 2.27. The molecule has 0 saturated heterocycles. The highest BCUT2D eigenvalue weighted by atomic mass is 32.2. The molecule has 0 fully saturated rings. The fraction of sp³-hybridized carbons (Fsp3) is 0.481. The molecule has 0 saturated carbocycles. The molecule has 1 atom stereocenters. The van der Waals surface area contributed by atoms with Crippen molar-refractivity contribution in [1.29, 1.82) is 0 Å². The summed E-state index contributed by atoms with van der Waals surface area (Å²) in [4.78, 5) is 28.3. The van der Waals surface area contributed by atoms with Gasteiger partial charge in [0.2, 0.25) is 21.8 Å². The Morgan fingerprint density at radius 2 is 1.54 bits per heavy atom. The average molecular weight is 502 g/mol. The molecule has 7 nitrogen and oxygen atoms in total. The quantitative estimate of drug-likeness (QED) is 0.505. The number of rotatable bonds is 11. The zero-order valence-electron chi connectivity index (χ0n) is 22.0. The number of hydrogen-bond donors (Lipinski definition) is 1. The Balaban J connectivity index is 2.47.